The molecule has 2 aliphatic heterocycles. The largest absolute Gasteiger partial charge is 0.496 e. The average Bonchev–Trinajstić information content (AvgIpc) is 2.72. The second kappa shape index (κ2) is 9.22. The number of para-hydroxylation sites is 1. The molecule has 0 unspecified atom stereocenters. The second-order valence-corrected chi connectivity index (χ2v) is 7.35. The quantitative estimate of drug-likeness (QED) is 0.830. The number of hydrogen-bond donors (Lipinski definition) is 1. The van der Waals surface area contributed by atoms with Gasteiger partial charge in [0.25, 0.3) is 0 Å². The average molecular weight is 373 g/mol. The fourth-order valence-electron chi connectivity index (χ4n) is 4.22. The summed E-state index contributed by atoms with van der Waals surface area (Å²) in [7, 11) is 1.65. The van der Waals surface area contributed by atoms with Crippen LogP contribution in [0.25, 0.3) is 0 Å². The van der Waals surface area contributed by atoms with Gasteiger partial charge in [0.15, 0.2) is 0 Å². The Kier molecular flexibility index (Phi) is 6.72. The van der Waals surface area contributed by atoms with Gasteiger partial charge >= 0.3 is 0 Å². The summed E-state index contributed by atoms with van der Waals surface area (Å²) in [6.07, 6.45) is 3.00. The van der Waals surface area contributed by atoms with E-state index in [0.717, 1.165) is 50.3 Å². The first-order valence-corrected chi connectivity index (χ1v) is 10.1. The highest BCUT2D eigenvalue weighted by atomic mass is 16.5. The highest BCUT2D eigenvalue weighted by Gasteiger charge is 2.43. The summed E-state index contributed by atoms with van der Waals surface area (Å²) < 4.78 is 5.59. The molecule has 0 aromatic heterocycles. The summed E-state index contributed by atoms with van der Waals surface area (Å²) >= 11 is 0. The fourth-order valence-corrected chi connectivity index (χ4v) is 4.22. The van der Waals surface area contributed by atoms with Gasteiger partial charge in [0.1, 0.15) is 5.75 Å². The first-order chi connectivity index (χ1) is 13.2. The zero-order valence-corrected chi connectivity index (χ0v) is 16.4. The molecule has 2 amide bonds. The maximum Gasteiger partial charge on any atom is 0.228 e. The van der Waals surface area contributed by atoms with Gasteiger partial charge in [-0.2, -0.15) is 0 Å². The van der Waals surface area contributed by atoms with Crippen LogP contribution in [0.5, 0.6) is 5.75 Å². The van der Waals surface area contributed by atoms with Crippen LogP contribution in [-0.2, 0) is 9.59 Å². The van der Waals surface area contributed by atoms with Crippen LogP contribution in [0.15, 0.2) is 24.3 Å². The van der Waals surface area contributed by atoms with Crippen molar-refractivity contribution >= 4 is 11.8 Å². The maximum atomic E-state index is 13.4. The highest BCUT2D eigenvalue weighted by Crippen LogP contribution is 2.41. The number of nitrogens with one attached hydrogen (secondary N) is 1. The van der Waals surface area contributed by atoms with Gasteiger partial charge in [0.05, 0.1) is 19.1 Å². The molecule has 0 saturated carbocycles. The number of nitrogens with zero attached hydrogens (tertiary/aromatic N) is 2. The Hall–Kier alpha value is -2.08. The van der Waals surface area contributed by atoms with Crippen molar-refractivity contribution in [3.63, 3.8) is 0 Å². The first-order valence-electron chi connectivity index (χ1n) is 10.1. The summed E-state index contributed by atoms with van der Waals surface area (Å²) in [5, 5.41) is 3.30. The first kappa shape index (κ1) is 19.7. The second-order valence-electron chi connectivity index (χ2n) is 7.35. The molecule has 0 spiro atoms. The van der Waals surface area contributed by atoms with E-state index in [4.69, 9.17) is 4.74 Å². The molecule has 2 fully saturated rings. The Morgan fingerprint density at radius 2 is 2.00 bits per heavy atom. The monoisotopic (exact) mass is 373 g/mol. The van der Waals surface area contributed by atoms with E-state index in [-0.39, 0.29) is 23.8 Å². The summed E-state index contributed by atoms with van der Waals surface area (Å²) in [5.41, 5.74) is 0.942. The van der Waals surface area contributed by atoms with Crippen molar-refractivity contribution in [3.05, 3.63) is 29.8 Å². The standard InChI is InChI=1S/C21H31N3O3/c1-3-4-13-24-19(25)10-9-17(21(26)23-14-11-22-12-15-23)20(24)16-7-5-6-8-18(16)27-2/h5-8,17,20,22H,3-4,9-15H2,1-2H3/t17-,20+/m1/s1. The molecule has 2 heterocycles. The van der Waals surface area contributed by atoms with Gasteiger partial charge in [-0.05, 0) is 18.9 Å². The molecule has 2 atom stereocenters. The predicted molar refractivity (Wildman–Crippen MR) is 105 cm³/mol. The number of piperidine rings is 1. The minimum atomic E-state index is -0.253. The number of likely N-dealkylation sites (tertiary alicyclic amines) is 1. The van der Waals surface area contributed by atoms with Gasteiger partial charge in [0.2, 0.25) is 11.8 Å². The lowest BCUT2D eigenvalue weighted by Crippen LogP contribution is -2.53. The minimum absolute atomic E-state index is 0.142. The smallest absolute Gasteiger partial charge is 0.228 e. The zero-order valence-electron chi connectivity index (χ0n) is 16.4. The van der Waals surface area contributed by atoms with Crippen LogP contribution in [0.4, 0.5) is 0 Å². The number of hydrogen-bond acceptors (Lipinski definition) is 4. The van der Waals surface area contributed by atoms with E-state index >= 15 is 0 Å². The molecule has 2 aliphatic rings. The minimum Gasteiger partial charge on any atom is -0.496 e. The molecule has 1 N–H and O–H groups in total. The molecular weight excluding hydrogens is 342 g/mol. The maximum absolute atomic E-state index is 13.4. The number of methoxy groups -OCH3 is 1. The van der Waals surface area contributed by atoms with Crippen LogP contribution in [0, 0.1) is 5.92 Å². The van der Waals surface area contributed by atoms with Crippen molar-refractivity contribution < 1.29 is 14.3 Å². The number of amides is 2. The molecular formula is C21H31N3O3. The number of carbonyl (C=O) groups is 2. The van der Waals surface area contributed by atoms with Crippen LogP contribution >= 0.6 is 0 Å². The van der Waals surface area contributed by atoms with Gasteiger partial charge in [-0.25, -0.2) is 0 Å². The lowest BCUT2D eigenvalue weighted by molar-refractivity contribution is -0.148. The Labute approximate surface area is 161 Å². The third-order valence-electron chi connectivity index (χ3n) is 5.66. The molecule has 148 valence electrons. The number of carbonyl (C=O) groups excluding carboxylic acids is 2. The molecule has 2 saturated heterocycles. The Balaban J connectivity index is 1.96. The lowest BCUT2D eigenvalue weighted by atomic mass is 9.82. The van der Waals surface area contributed by atoms with Gasteiger partial charge in [-0.3, -0.25) is 9.59 Å². The molecule has 0 bridgehead atoms. The number of rotatable bonds is 6. The normalized spacial score (nSPS) is 23.4. The Bertz CT molecular complexity index is 658. The van der Waals surface area contributed by atoms with Crippen LogP contribution in [0.2, 0.25) is 0 Å². The van der Waals surface area contributed by atoms with E-state index < -0.39 is 0 Å². The molecule has 6 nitrogen and oxygen atoms in total. The van der Waals surface area contributed by atoms with E-state index in [9.17, 15) is 9.59 Å². The molecule has 27 heavy (non-hydrogen) atoms. The Morgan fingerprint density at radius 1 is 1.26 bits per heavy atom. The summed E-state index contributed by atoms with van der Waals surface area (Å²) in [4.78, 5) is 30.0. The third kappa shape index (κ3) is 4.26. The van der Waals surface area contributed by atoms with Crippen molar-refractivity contribution in [1.82, 2.24) is 15.1 Å². The van der Waals surface area contributed by atoms with E-state index in [1.54, 1.807) is 7.11 Å². The number of piperazine rings is 1. The van der Waals surface area contributed by atoms with E-state index in [1.165, 1.54) is 0 Å². The van der Waals surface area contributed by atoms with E-state index in [2.05, 4.69) is 12.2 Å². The van der Waals surface area contributed by atoms with E-state index in [1.807, 2.05) is 34.1 Å². The molecule has 0 aliphatic carbocycles. The fraction of sp³-hybridized carbons (Fsp3) is 0.619. The topological polar surface area (TPSA) is 61.9 Å². The molecule has 3 rings (SSSR count). The number of benzene rings is 1. The Morgan fingerprint density at radius 3 is 2.70 bits per heavy atom. The van der Waals surface area contributed by atoms with E-state index in [0.29, 0.717) is 19.4 Å². The summed E-state index contributed by atoms with van der Waals surface area (Å²) in [6, 6.07) is 7.55. The molecule has 6 heteroatoms. The lowest BCUT2D eigenvalue weighted by Gasteiger charge is -2.43. The van der Waals surface area contributed by atoms with Crippen LogP contribution in [0.3, 0.4) is 0 Å². The zero-order chi connectivity index (χ0) is 19.2. The van der Waals surface area contributed by atoms with Crippen molar-refractivity contribution in [3.8, 4) is 5.75 Å². The molecule has 1 aromatic carbocycles. The highest BCUT2D eigenvalue weighted by molar-refractivity contribution is 5.85. The summed E-state index contributed by atoms with van der Waals surface area (Å²) in [6.45, 7) is 5.93. The number of unbranched alkanes of at least 4 members (excludes halogenated alkanes) is 1. The SMILES string of the molecule is CCCCN1C(=O)CC[C@@H](C(=O)N2CCNCC2)[C@@H]1c1ccccc1OC. The van der Waals surface area contributed by atoms with Crippen molar-refractivity contribution in [2.45, 2.75) is 38.6 Å². The van der Waals surface area contributed by atoms with Gasteiger partial charge in [-0.1, -0.05) is 31.5 Å². The van der Waals surface area contributed by atoms with Gasteiger partial charge in [0, 0.05) is 44.7 Å². The predicted octanol–water partition coefficient (Wildman–Crippen LogP) is 2.21. The number of ether oxygens (including phenoxy) is 1. The molecule has 1 aromatic rings. The van der Waals surface area contributed by atoms with Gasteiger partial charge in [-0.15, -0.1) is 0 Å². The van der Waals surface area contributed by atoms with Crippen molar-refractivity contribution in [2.75, 3.05) is 39.8 Å². The van der Waals surface area contributed by atoms with Crippen LogP contribution in [-0.4, -0.2) is 61.4 Å². The summed E-state index contributed by atoms with van der Waals surface area (Å²) in [5.74, 6) is 0.843. The van der Waals surface area contributed by atoms with Crippen LogP contribution in [0.1, 0.15) is 44.2 Å². The van der Waals surface area contributed by atoms with Gasteiger partial charge < -0.3 is 19.9 Å². The van der Waals surface area contributed by atoms with Crippen molar-refractivity contribution in [1.29, 1.82) is 0 Å². The van der Waals surface area contributed by atoms with Crippen molar-refractivity contribution in [2.24, 2.45) is 5.92 Å². The molecule has 0 radical (unpaired) electrons. The third-order valence-corrected chi connectivity index (χ3v) is 5.66. The van der Waals surface area contributed by atoms with Crippen LogP contribution < -0.4 is 10.1 Å².